The van der Waals surface area contributed by atoms with E-state index in [1.54, 1.807) is 60.7 Å². The molecule has 1 amide bonds. The summed E-state index contributed by atoms with van der Waals surface area (Å²) in [5.74, 6) is -1.71. The van der Waals surface area contributed by atoms with Crippen molar-refractivity contribution in [3.63, 3.8) is 0 Å². The molecular weight excluding hydrogens is 322 g/mol. The first-order valence-electron chi connectivity index (χ1n) is 7.68. The Labute approximate surface area is 146 Å². The van der Waals surface area contributed by atoms with Gasteiger partial charge < -0.3 is 14.4 Å². The van der Waals surface area contributed by atoms with Crippen LogP contribution in [0.15, 0.2) is 60.7 Å². The molecule has 2 aromatic rings. The van der Waals surface area contributed by atoms with Gasteiger partial charge >= 0.3 is 11.9 Å². The highest BCUT2D eigenvalue weighted by molar-refractivity contribution is 5.93. The highest BCUT2D eigenvalue weighted by Crippen LogP contribution is 2.08. The third-order valence-corrected chi connectivity index (χ3v) is 3.35. The van der Waals surface area contributed by atoms with Crippen molar-refractivity contribution in [1.29, 1.82) is 0 Å². The van der Waals surface area contributed by atoms with E-state index in [0.717, 1.165) is 0 Å². The first kappa shape index (κ1) is 18.2. The fourth-order valence-corrected chi connectivity index (χ4v) is 2.02. The monoisotopic (exact) mass is 341 g/mol. The van der Waals surface area contributed by atoms with Crippen LogP contribution in [0.5, 0.6) is 0 Å². The number of benzene rings is 2. The Kier molecular flexibility index (Phi) is 6.28. The summed E-state index contributed by atoms with van der Waals surface area (Å²) in [4.78, 5) is 37.7. The molecule has 25 heavy (non-hydrogen) atoms. The number of hydrogen-bond acceptors (Lipinski definition) is 5. The lowest BCUT2D eigenvalue weighted by Gasteiger charge is -2.20. The molecule has 0 saturated heterocycles. The molecular formula is C19H19NO5. The van der Waals surface area contributed by atoms with Crippen molar-refractivity contribution in [3.8, 4) is 0 Å². The molecule has 0 aliphatic heterocycles. The van der Waals surface area contributed by atoms with Gasteiger partial charge in [-0.2, -0.15) is 0 Å². The maximum absolute atomic E-state index is 12.2. The molecule has 0 radical (unpaired) electrons. The van der Waals surface area contributed by atoms with Gasteiger partial charge in [0.05, 0.1) is 11.1 Å². The number of amides is 1. The van der Waals surface area contributed by atoms with E-state index < -0.39 is 23.9 Å². The van der Waals surface area contributed by atoms with E-state index in [1.807, 2.05) is 0 Å². The first-order valence-corrected chi connectivity index (χ1v) is 7.68. The van der Waals surface area contributed by atoms with Gasteiger partial charge in [0.2, 0.25) is 6.10 Å². The molecule has 130 valence electrons. The molecule has 2 aromatic carbocycles. The minimum atomic E-state index is -1.21. The van der Waals surface area contributed by atoms with Gasteiger partial charge in [-0.25, -0.2) is 9.59 Å². The second kappa shape index (κ2) is 8.63. The van der Waals surface area contributed by atoms with E-state index in [0.29, 0.717) is 11.1 Å². The van der Waals surface area contributed by atoms with Crippen LogP contribution in [0.1, 0.15) is 20.7 Å². The molecule has 0 spiro atoms. The Balaban J connectivity index is 2.04. The molecule has 1 atom stereocenters. The Bertz CT molecular complexity index is 728. The lowest BCUT2D eigenvalue weighted by Crippen LogP contribution is -2.40. The second-order valence-corrected chi connectivity index (χ2v) is 5.46. The molecule has 2 rings (SSSR count). The van der Waals surface area contributed by atoms with Crippen LogP contribution < -0.4 is 0 Å². The predicted octanol–water partition coefficient (Wildman–Crippen LogP) is 2.16. The molecule has 0 heterocycles. The van der Waals surface area contributed by atoms with Crippen molar-refractivity contribution in [2.45, 2.75) is 6.10 Å². The number of likely N-dealkylation sites (N-methyl/N-ethyl adjacent to an activating group) is 1. The van der Waals surface area contributed by atoms with Crippen LogP contribution in [-0.4, -0.2) is 49.6 Å². The molecule has 0 aromatic heterocycles. The smallest absolute Gasteiger partial charge is 0.339 e. The summed E-state index contributed by atoms with van der Waals surface area (Å²) in [6, 6.07) is 16.7. The number of hydrogen-bond donors (Lipinski definition) is 0. The molecule has 0 fully saturated rings. The number of carbonyl (C=O) groups excluding carboxylic acids is 3. The Hall–Kier alpha value is -3.15. The number of rotatable bonds is 6. The normalized spacial score (nSPS) is 11.3. The van der Waals surface area contributed by atoms with Crippen LogP contribution in [-0.2, 0) is 14.3 Å². The minimum absolute atomic E-state index is 0.313. The SMILES string of the molecule is CN(C)C(=O)[C@H](COC(=O)c1ccccc1)OC(=O)c1ccccc1. The van der Waals surface area contributed by atoms with Crippen molar-refractivity contribution in [2.24, 2.45) is 0 Å². The number of nitrogens with zero attached hydrogens (tertiary/aromatic N) is 1. The molecule has 0 aliphatic rings. The maximum Gasteiger partial charge on any atom is 0.339 e. The van der Waals surface area contributed by atoms with Gasteiger partial charge in [-0.15, -0.1) is 0 Å². The van der Waals surface area contributed by atoms with Gasteiger partial charge in [0.1, 0.15) is 6.61 Å². The van der Waals surface area contributed by atoms with Crippen molar-refractivity contribution < 1.29 is 23.9 Å². The van der Waals surface area contributed by atoms with Crippen LogP contribution in [0, 0.1) is 0 Å². The van der Waals surface area contributed by atoms with Gasteiger partial charge in [-0.05, 0) is 24.3 Å². The average molecular weight is 341 g/mol. The lowest BCUT2D eigenvalue weighted by molar-refractivity contribution is -0.140. The summed E-state index contributed by atoms with van der Waals surface area (Å²) in [5, 5.41) is 0. The Morgan fingerprint density at radius 2 is 1.32 bits per heavy atom. The minimum Gasteiger partial charge on any atom is -0.458 e. The van der Waals surface area contributed by atoms with E-state index >= 15 is 0 Å². The zero-order valence-electron chi connectivity index (χ0n) is 14.0. The average Bonchev–Trinajstić information content (AvgIpc) is 2.65. The molecule has 0 N–H and O–H groups in total. The van der Waals surface area contributed by atoms with Crippen LogP contribution in [0.4, 0.5) is 0 Å². The number of carbonyl (C=O) groups is 3. The van der Waals surface area contributed by atoms with Gasteiger partial charge in [0.25, 0.3) is 5.91 Å². The predicted molar refractivity (Wildman–Crippen MR) is 91.1 cm³/mol. The summed E-state index contributed by atoms with van der Waals surface area (Å²) in [6.07, 6.45) is -1.21. The second-order valence-electron chi connectivity index (χ2n) is 5.46. The standard InChI is InChI=1S/C19H19NO5/c1-20(2)17(21)16(25-19(23)15-11-7-4-8-12-15)13-24-18(22)14-9-5-3-6-10-14/h3-12,16H,13H2,1-2H3/t16-/m0/s1. The van der Waals surface area contributed by atoms with Gasteiger partial charge in [-0.3, -0.25) is 4.79 Å². The third-order valence-electron chi connectivity index (χ3n) is 3.35. The summed E-state index contributed by atoms with van der Waals surface area (Å²) in [5.41, 5.74) is 0.668. The fraction of sp³-hybridized carbons (Fsp3) is 0.211. The van der Waals surface area contributed by atoms with Gasteiger partial charge in [-0.1, -0.05) is 36.4 Å². The Morgan fingerprint density at radius 3 is 1.80 bits per heavy atom. The zero-order chi connectivity index (χ0) is 18.2. The maximum atomic E-state index is 12.2. The van der Waals surface area contributed by atoms with Crippen molar-refractivity contribution >= 4 is 17.8 Å². The van der Waals surface area contributed by atoms with Gasteiger partial charge in [0, 0.05) is 14.1 Å². The molecule has 6 nitrogen and oxygen atoms in total. The summed E-state index contributed by atoms with van der Waals surface area (Å²) >= 11 is 0. The van der Waals surface area contributed by atoms with Gasteiger partial charge in [0.15, 0.2) is 0 Å². The Morgan fingerprint density at radius 1 is 0.840 bits per heavy atom. The third kappa shape index (κ3) is 5.17. The number of esters is 2. The van der Waals surface area contributed by atoms with E-state index in [2.05, 4.69) is 0 Å². The number of ether oxygens (including phenoxy) is 2. The van der Waals surface area contributed by atoms with Crippen LogP contribution in [0.2, 0.25) is 0 Å². The fourth-order valence-electron chi connectivity index (χ4n) is 2.02. The molecule has 0 unspecified atom stereocenters. The largest absolute Gasteiger partial charge is 0.458 e. The van der Waals surface area contributed by atoms with Crippen LogP contribution >= 0.6 is 0 Å². The summed E-state index contributed by atoms with van der Waals surface area (Å²) in [6.45, 7) is -0.358. The highest BCUT2D eigenvalue weighted by atomic mass is 16.6. The summed E-state index contributed by atoms with van der Waals surface area (Å²) in [7, 11) is 3.06. The molecule has 0 aliphatic carbocycles. The highest BCUT2D eigenvalue weighted by Gasteiger charge is 2.27. The van der Waals surface area contributed by atoms with Crippen LogP contribution in [0.3, 0.4) is 0 Å². The molecule has 0 saturated carbocycles. The molecule has 0 bridgehead atoms. The quantitative estimate of drug-likeness (QED) is 0.753. The van der Waals surface area contributed by atoms with E-state index in [-0.39, 0.29) is 6.61 Å². The lowest BCUT2D eigenvalue weighted by atomic mass is 10.2. The summed E-state index contributed by atoms with van der Waals surface area (Å²) < 4.78 is 10.4. The van der Waals surface area contributed by atoms with E-state index in [9.17, 15) is 14.4 Å². The topological polar surface area (TPSA) is 72.9 Å². The zero-order valence-corrected chi connectivity index (χ0v) is 14.0. The van der Waals surface area contributed by atoms with Crippen molar-refractivity contribution in [1.82, 2.24) is 4.90 Å². The first-order chi connectivity index (χ1) is 12.0. The molecule has 6 heteroatoms. The van der Waals surface area contributed by atoms with E-state index in [1.165, 1.54) is 19.0 Å². The van der Waals surface area contributed by atoms with E-state index in [4.69, 9.17) is 9.47 Å². The van der Waals surface area contributed by atoms with Crippen LogP contribution in [0.25, 0.3) is 0 Å². The van der Waals surface area contributed by atoms with Crippen molar-refractivity contribution in [2.75, 3.05) is 20.7 Å². The van der Waals surface area contributed by atoms with Crippen molar-refractivity contribution in [3.05, 3.63) is 71.8 Å².